The summed E-state index contributed by atoms with van der Waals surface area (Å²) in [6.07, 6.45) is 2.40. The number of ether oxygens (including phenoxy) is 2. The molecule has 1 aliphatic heterocycles. The molecule has 1 aliphatic rings. The highest BCUT2D eigenvalue weighted by molar-refractivity contribution is 5.69. The Kier molecular flexibility index (Phi) is 4.57. The molecule has 114 valence electrons. The van der Waals surface area contributed by atoms with Crippen molar-refractivity contribution in [2.75, 3.05) is 26.3 Å². The lowest BCUT2D eigenvalue weighted by Gasteiger charge is -2.26. The fourth-order valence-electron chi connectivity index (χ4n) is 2.04. The van der Waals surface area contributed by atoms with Crippen molar-refractivity contribution in [3.8, 4) is 17.1 Å². The number of carbonyl (C=O) groups is 1. The number of benzene rings is 1. The molecule has 0 radical (unpaired) electrons. The van der Waals surface area contributed by atoms with E-state index in [0.717, 1.165) is 5.56 Å². The first-order valence-electron chi connectivity index (χ1n) is 7.00. The normalized spacial score (nSPS) is 15.3. The molecule has 0 bridgehead atoms. The van der Waals surface area contributed by atoms with Crippen LogP contribution in [0.3, 0.4) is 0 Å². The average Bonchev–Trinajstić information content (AvgIpc) is 2.57. The summed E-state index contributed by atoms with van der Waals surface area (Å²) < 4.78 is 10.4. The molecule has 7 heteroatoms. The second kappa shape index (κ2) is 6.97. The van der Waals surface area contributed by atoms with Crippen LogP contribution in [-0.2, 0) is 4.74 Å². The van der Waals surface area contributed by atoms with Crippen LogP contribution in [0, 0.1) is 0 Å². The molecule has 0 unspecified atom stereocenters. The van der Waals surface area contributed by atoms with E-state index in [-0.39, 0.29) is 0 Å². The van der Waals surface area contributed by atoms with Gasteiger partial charge in [0, 0.05) is 18.7 Å². The number of hydrogen-bond acceptors (Lipinski definition) is 6. The fourth-order valence-corrected chi connectivity index (χ4v) is 2.04. The molecule has 22 heavy (non-hydrogen) atoms. The first-order chi connectivity index (χ1) is 10.8. The first-order valence-corrected chi connectivity index (χ1v) is 7.00. The van der Waals surface area contributed by atoms with E-state index in [9.17, 15) is 4.79 Å². The monoisotopic (exact) mass is 300 g/mol. The fraction of sp³-hybridized carbons (Fsp3) is 0.267. The van der Waals surface area contributed by atoms with E-state index in [1.165, 1.54) is 12.4 Å². The molecule has 1 fully saturated rings. The van der Waals surface area contributed by atoms with Crippen LogP contribution in [-0.4, -0.2) is 47.4 Å². The maximum atomic E-state index is 11.8. The average molecular weight is 300 g/mol. The van der Waals surface area contributed by atoms with Gasteiger partial charge in [0.15, 0.2) is 11.6 Å². The molecule has 2 heterocycles. The van der Waals surface area contributed by atoms with Crippen molar-refractivity contribution in [1.82, 2.24) is 20.4 Å². The summed E-state index contributed by atoms with van der Waals surface area (Å²) >= 11 is 0. The Morgan fingerprint density at radius 2 is 1.82 bits per heavy atom. The minimum absolute atomic E-state index is 0.297. The number of morpholine rings is 1. The van der Waals surface area contributed by atoms with E-state index in [2.05, 4.69) is 15.4 Å². The molecule has 0 atom stereocenters. The Balaban J connectivity index is 1.57. The predicted molar refractivity (Wildman–Crippen MR) is 79.0 cm³/mol. The quantitative estimate of drug-likeness (QED) is 0.925. The molecule has 0 spiro atoms. The molecule has 1 saturated heterocycles. The standard InChI is InChI=1S/C15H16N4O3/c20-15(18-19-6-8-21-9-7-19)22-13-10-16-14(17-11-13)12-4-2-1-3-5-12/h1-5,10-11H,6-9H2,(H,18,20). The van der Waals surface area contributed by atoms with E-state index in [4.69, 9.17) is 9.47 Å². The van der Waals surface area contributed by atoms with Crippen molar-refractivity contribution < 1.29 is 14.3 Å². The summed E-state index contributed by atoms with van der Waals surface area (Å²) in [5, 5.41) is 1.75. The molecule has 2 aromatic rings. The lowest BCUT2D eigenvalue weighted by atomic mass is 10.2. The van der Waals surface area contributed by atoms with Crippen molar-refractivity contribution in [3.63, 3.8) is 0 Å². The Morgan fingerprint density at radius 1 is 1.14 bits per heavy atom. The van der Waals surface area contributed by atoms with Crippen molar-refractivity contribution >= 4 is 6.09 Å². The van der Waals surface area contributed by atoms with Gasteiger partial charge in [0.05, 0.1) is 25.6 Å². The summed E-state index contributed by atoms with van der Waals surface area (Å²) in [7, 11) is 0. The molecule has 1 amide bonds. The Morgan fingerprint density at radius 3 is 2.50 bits per heavy atom. The maximum absolute atomic E-state index is 11.8. The lowest BCUT2D eigenvalue weighted by Crippen LogP contribution is -2.49. The van der Waals surface area contributed by atoms with Crippen molar-refractivity contribution in [2.45, 2.75) is 0 Å². The number of hydrogen-bond donors (Lipinski definition) is 1. The van der Waals surface area contributed by atoms with Gasteiger partial charge >= 0.3 is 6.09 Å². The molecule has 3 rings (SSSR count). The van der Waals surface area contributed by atoms with Gasteiger partial charge in [-0.05, 0) is 0 Å². The predicted octanol–water partition coefficient (Wildman–Crippen LogP) is 1.48. The maximum Gasteiger partial charge on any atom is 0.427 e. The third-order valence-electron chi connectivity index (χ3n) is 3.13. The van der Waals surface area contributed by atoms with Crippen LogP contribution in [0.2, 0.25) is 0 Å². The van der Waals surface area contributed by atoms with Crippen LogP contribution in [0.15, 0.2) is 42.7 Å². The van der Waals surface area contributed by atoms with Crippen LogP contribution in [0.1, 0.15) is 0 Å². The van der Waals surface area contributed by atoms with Gasteiger partial charge in [0.25, 0.3) is 0 Å². The zero-order valence-corrected chi connectivity index (χ0v) is 11.9. The number of nitrogens with one attached hydrogen (secondary N) is 1. The minimum atomic E-state index is -0.557. The van der Waals surface area contributed by atoms with Crippen LogP contribution >= 0.6 is 0 Å². The SMILES string of the molecule is O=C(NN1CCOCC1)Oc1cnc(-c2ccccc2)nc1. The summed E-state index contributed by atoms with van der Waals surface area (Å²) in [5.41, 5.74) is 3.56. The van der Waals surface area contributed by atoms with Crippen LogP contribution in [0.5, 0.6) is 5.75 Å². The number of amides is 1. The van der Waals surface area contributed by atoms with E-state index < -0.39 is 6.09 Å². The lowest BCUT2D eigenvalue weighted by molar-refractivity contribution is 0.0153. The molecule has 0 saturated carbocycles. The highest BCUT2D eigenvalue weighted by atomic mass is 16.6. The molecular formula is C15H16N4O3. The molecule has 1 N–H and O–H groups in total. The van der Waals surface area contributed by atoms with E-state index in [1.807, 2.05) is 30.3 Å². The Labute approximate surface area is 127 Å². The summed E-state index contributed by atoms with van der Waals surface area (Å²) in [5.74, 6) is 0.881. The third kappa shape index (κ3) is 3.78. The molecule has 1 aromatic heterocycles. The zero-order chi connectivity index (χ0) is 15.2. The van der Waals surface area contributed by atoms with Crippen molar-refractivity contribution in [1.29, 1.82) is 0 Å². The summed E-state index contributed by atoms with van der Waals surface area (Å²) in [4.78, 5) is 20.2. The largest absolute Gasteiger partial charge is 0.427 e. The molecule has 1 aromatic carbocycles. The zero-order valence-electron chi connectivity index (χ0n) is 11.9. The van der Waals surface area contributed by atoms with Crippen molar-refractivity contribution in [3.05, 3.63) is 42.7 Å². The number of aromatic nitrogens is 2. The molecular weight excluding hydrogens is 284 g/mol. The van der Waals surface area contributed by atoms with Gasteiger partial charge < -0.3 is 9.47 Å². The third-order valence-corrected chi connectivity index (χ3v) is 3.13. The Bertz CT molecular complexity index is 612. The molecule has 0 aliphatic carbocycles. The van der Waals surface area contributed by atoms with Crippen LogP contribution in [0.4, 0.5) is 4.79 Å². The van der Waals surface area contributed by atoms with Gasteiger partial charge in [-0.3, -0.25) is 5.43 Å². The minimum Gasteiger partial charge on any atom is -0.406 e. The van der Waals surface area contributed by atoms with Gasteiger partial charge in [-0.25, -0.2) is 19.8 Å². The molecule has 7 nitrogen and oxygen atoms in total. The second-order valence-electron chi connectivity index (χ2n) is 4.71. The summed E-state index contributed by atoms with van der Waals surface area (Å²) in [6, 6.07) is 9.59. The van der Waals surface area contributed by atoms with E-state index in [0.29, 0.717) is 37.9 Å². The van der Waals surface area contributed by atoms with E-state index >= 15 is 0 Å². The number of nitrogens with zero attached hydrogens (tertiary/aromatic N) is 3. The van der Waals surface area contributed by atoms with Crippen molar-refractivity contribution in [2.24, 2.45) is 0 Å². The highest BCUT2D eigenvalue weighted by Gasteiger charge is 2.14. The first kappa shape index (κ1) is 14.4. The number of hydrazine groups is 1. The second-order valence-corrected chi connectivity index (χ2v) is 4.71. The smallest absolute Gasteiger partial charge is 0.406 e. The highest BCUT2D eigenvalue weighted by Crippen LogP contribution is 2.15. The van der Waals surface area contributed by atoms with Gasteiger partial charge in [0.2, 0.25) is 0 Å². The van der Waals surface area contributed by atoms with Crippen LogP contribution < -0.4 is 10.2 Å². The van der Waals surface area contributed by atoms with Gasteiger partial charge in [-0.15, -0.1) is 0 Å². The Hall–Kier alpha value is -2.51. The topological polar surface area (TPSA) is 76.6 Å². The number of rotatable bonds is 3. The van der Waals surface area contributed by atoms with Gasteiger partial charge in [-0.1, -0.05) is 30.3 Å². The summed E-state index contributed by atoms with van der Waals surface area (Å²) in [6.45, 7) is 2.46. The van der Waals surface area contributed by atoms with E-state index in [1.54, 1.807) is 5.01 Å². The van der Waals surface area contributed by atoms with Gasteiger partial charge in [-0.2, -0.15) is 0 Å². The number of carbonyl (C=O) groups excluding carboxylic acids is 1. The van der Waals surface area contributed by atoms with Crippen LogP contribution in [0.25, 0.3) is 11.4 Å². The van der Waals surface area contributed by atoms with Gasteiger partial charge in [0.1, 0.15) is 0 Å².